The van der Waals surface area contributed by atoms with Crippen molar-refractivity contribution in [1.29, 1.82) is 0 Å². The molecule has 2 aliphatic heterocycles. The van der Waals surface area contributed by atoms with Crippen molar-refractivity contribution >= 4 is 28.9 Å². The van der Waals surface area contributed by atoms with Crippen LogP contribution in [0.2, 0.25) is 0 Å². The highest BCUT2D eigenvalue weighted by Crippen LogP contribution is 2.36. The first-order valence-electron chi connectivity index (χ1n) is 9.99. The molecular formula is C23H26N4OS. The molecular weight excluding hydrogens is 380 g/mol. The number of piperidine rings is 1. The average molecular weight is 407 g/mol. The summed E-state index contributed by atoms with van der Waals surface area (Å²) in [6, 6.07) is 17.5. The first-order valence-corrected chi connectivity index (χ1v) is 10.4. The highest BCUT2D eigenvalue weighted by molar-refractivity contribution is 7.80. The molecule has 6 heteroatoms. The molecule has 3 atom stereocenters. The number of hydrogen-bond acceptors (Lipinski definition) is 4. The molecule has 2 N–H and O–H groups in total. The number of thiocarbonyl (C=S) groups is 1. The summed E-state index contributed by atoms with van der Waals surface area (Å²) < 4.78 is 0. The van der Waals surface area contributed by atoms with Crippen LogP contribution < -0.4 is 10.6 Å². The summed E-state index contributed by atoms with van der Waals surface area (Å²) in [5.41, 5.74) is 5.90. The SMILES string of the molecule is Cc1ccc(C2C/C(=N\N3C(=O)CNC3=S)C(C)C(c3ccc(C)cc3)N2)cc1. The van der Waals surface area contributed by atoms with Crippen molar-refractivity contribution in [2.45, 2.75) is 39.3 Å². The second kappa shape index (κ2) is 8.05. The van der Waals surface area contributed by atoms with Gasteiger partial charge in [0.1, 0.15) is 0 Å². The van der Waals surface area contributed by atoms with Crippen molar-refractivity contribution < 1.29 is 4.79 Å². The lowest BCUT2D eigenvalue weighted by Gasteiger charge is -2.38. The third kappa shape index (κ3) is 4.09. The fraction of sp³-hybridized carbons (Fsp3) is 0.348. The van der Waals surface area contributed by atoms with Gasteiger partial charge in [-0.15, -0.1) is 0 Å². The summed E-state index contributed by atoms with van der Waals surface area (Å²) in [4.78, 5) is 12.2. The third-order valence-corrected chi connectivity index (χ3v) is 6.10. The molecule has 3 unspecified atom stereocenters. The van der Waals surface area contributed by atoms with Crippen molar-refractivity contribution in [1.82, 2.24) is 15.6 Å². The van der Waals surface area contributed by atoms with E-state index in [2.05, 4.69) is 79.9 Å². The van der Waals surface area contributed by atoms with E-state index in [0.29, 0.717) is 5.11 Å². The molecule has 0 aromatic heterocycles. The molecule has 0 radical (unpaired) electrons. The zero-order valence-electron chi connectivity index (χ0n) is 17.0. The van der Waals surface area contributed by atoms with Gasteiger partial charge in [-0.2, -0.15) is 10.1 Å². The van der Waals surface area contributed by atoms with Crippen LogP contribution in [0.1, 0.15) is 47.7 Å². The van der Waals surface area contributed by atoms with Gasteiger partial charge in [0.2, 0.25) is 0 Å². The van der Waals surface area contributed by atoms with Crippen molar-refractivity contribution in [3.63, 3.8) is 0 Å². The van der Waals surface area contributed by atoms with E-state index in [9.17, 15) is 4.79 Å². The average Bonchev–Trinajstić information content (AvgIpc) is 3.03. The molecule has 1 amide bonds. The minimum Gasteiger partial charge on any atom is -0.352 e. The number of rotatable bonds is 3. The number of aryl methyl sites for hydroxylation is 2. The van der Waals surface area contributed by atoms with Crippen LogP contribution in [0.3, 0.4) is 0 Å². The van der Waals surface area contributed by atoms with E-state index in [-0.39, 0.29) is 30.5 Å². The van der Waals surface area contributed by atoms with Crippen LogP contribution in [-0.2, 0) is 4.79 Å². The predicted octanol–water partition coefficient (Wildman–Crippen LogP) is 3.79. The van der Waals surface area contributed by atoms with Gasteiger partial charge in [-0.3, -0.25) is 4.79 Å². The normalized spacial score (nSPS) is 26.1. The largest absolute Gasteiger partial charge is 0.352 e. The van der Waals surface area contributed by atoms with Crippen LogP contribution in [0.4, 0.5) is 0 Å². The lowest BCUT2D eigenvalue weighted by molar-refractivity contribution is -0.124. The van der Waals surface area contributed by atoms with E-state index in [0.717, 1.165) is 12.1 Å². The Balaban J connectivity index is 1.71. The zero-order valence-corrected chi connectivity index (χ0v) is 17.8. The van der Waals surface area contributed by atoms with E-state index < -0.39 is 0 Å². The Morgan fingerprint density at radius 3 is 2.14 bits per heavy atom. The van der Waals surface area contributed by atoms with Crippen LogP contribution in [-0.4, -0.2) is 28.3 Å². The van der Waals surface area contributed by atoms with Crippen LogP contribution in [0.5, 0.6) is 0 Å². The molecule has 2 aromatic rings. The van der Waals surface area contributed by atoms with Crippen LogP contribution >= 0.6 is 12.2 Å². The molecule has 5 nitrogen and oxygen atoms in total. The third-order valence-electron chi connectivity index (χ3n) is 5.78. The van der Waals surface area contributed by atoms with Gasteiger partial charge in [-0.25, -0.2) is 0 Å². The Bertz CT molecular complexity index is 936. The van der Waals surface area contributed by atoms with E-state index >= 15 is 0 Å². The fourth-order valence-electron chi connectivity index (χ4n) is 3.95. The molecule has 150 valence electrons. The van der Waals surface area contributed by atoms with Gasteiger partial charge in [0.15, 0.2) is 5.11 Å². The van der Waals surface area contributed by atoms with E-state index in [4.69, 9.17) is 17.3 Å². The summed E-state index contributed by atoms with van der Waals surface area (Å²) in [6.45, 7) is 6.56. The monoisotopic (exact) mass is 406 g/mol. The minimum atomic E-state index is -0.105. The quantitative estimate of drug-likeness (QED) is 0.762. The van der Waals surface area contributed by atoms with Gasteiger partial charge < -0.3 is 10.6 Å². The smallest absolute Gasteiger partial charge is 0.268 e. The van der Waals surface area contributed by atoms with Gasteiger partial charge in [0.25, 0.3) is 5.91 Å². The Hall–Kier alpha value is -2.57. The fourth-order valence-corrected chi connectivity index (χ4v) is 4.17. The highest BCUT2D eigenvalue weighted by Gasteiger charge is 2.35. The predicted molar refractivity (Wildman–Crippen MR) is 120 cm³/mol. The maximum absolute atomic E-state index is 12.2. The number of benzene rings is 2. The van der Waals surface area contributed by atoms with Crippen molar-refractivity contribution in [2.24, 2.45) is 11.0 Å². The number of carbonyl (C=O) groups excluding carboxylic acids is 1. The number of hydrogen-bond donors (Lipinski definition) is 2. The maximum atomic E-state index is 12.2. The molecule has 4 rings (SSSR count). The lowest BCUT2D eigenvalue weighted by Crippen LogP contribution is -2.42. The van der Waals surface area contributed by atoms with E-state index in [1.54, 1.807) is 0 Å². The van der Waals surface area contributed by atoms with Crippen LogP contribution in [0.25, 0.3) is 0 Å². The molecule has 2 saturated heterocycles. The molecule has 2 aliphatic rings. The van der Waals surface area contributed by atoms with E-state index in [1.807, 2.05) is 0 Å². The van der Waals surface area contributed by atoms with Gasteiger partial charge in [-0.05, 0) is 37.2 Å². The second-order valence-corrected chi connectivity index (χ2v) is 8.35. The molecule has 29 heavy (non-hydrogen) atoms. The summed E-state index contributed by atoms with van der Waals surface area (Å²) in [5.74, 6) is 0.0302. The van der Waals surface area contributed by atoms with Crippen molar-refractivity contribution in [3.8, 4) is 0 Å². The summed E-state index contributed by atoms with van der Waals surface area (Å²) in [7, 11) is 0. The number of nitrogens with one attached hydrogen (secondary N) is 2. The number of carbonyl (C=O) groups is 1. The molecule has 2 heterocycles. The standard InChI is InChI=1S/C23H26N4OS/c1-14-4-8-17(9-5-14)20-12-19(26-27-21(28)13-24-23(27)29)16(3)22(25-20)18-10-6-15(2)7-11-18/h4-11,16,20,22,25H,12-13H2,1-3H3,(H,24,29)/b26-19+. The Labute approximate surface area is 177 Å². The van der Waals surface area contributed by atoms with Crippen molar-refractivity contribution in [2.75, 3.05) is 6.54 Å². The molecule has 0 bridgehead atoms. The molecule has 0 spiro atoms. The minimum absolute atomic E-state index is 0.105. The maximum Gasteiger partial charge on any atom is 0.268 e. The Morgan fingerprint density at radius 2 is 1.59 bits per heavy atom. The summed E-state index contributed by atoms with van der Waals surface area (Å²) >= 11 is 5.27. The van der Waals surface area contributed by atoms with E-state index in [1.165, 1.54) is 27.3 Å². The number of amides is 1. The zero-order chi connectivity index (χ0) is 20.5. The van der Waals surface area contributed by atoms with Gasteiger partial charge >= 0.3 is 0 Å². The van der Waals surface area contributed by atoms with Gasteiger partial charge in [0.05, 0.1) is 6.54 Å². The topological polar surface area (TPSA) is 56.7 Å². The first-order chi connectivity index (χ1) is 13.9. The molecule has 2 fully saturated rings. The lowest BCUT2D eigenvalue weighted by atomic mass is 9.81. The summed E-state index contributed by atoms with van der Waals surface area (Å²) in [5, 5.41) is 13.2. The number of nitrogens with zero attached hydrogens (tertiary/aromatic N) is 2. The first kappa shape index (κ1) is 19.7. The van der Waals surface area contributed by atoms with Gasteiger partial charge in [0, 0.05) is 30.1 Å². The summed E-state index contributed by atoms with van der Waals surface area (Å²) in [6.07, 6.45) is 0.735. The van der Waals surface area contributed by atoms with Gasteiger partial charge in [-0.1, -0.05) is 66.6 Å². The molecule has 0 saturated carbocycles. The molecule has 0 aliphatic carbocycles. The van der Waals surface area contributed by atoms with Crippen LogP contribution in [0, 0.1) is 19.8 Å². The molecule has 2 aromatic carbocycles. The Kier molecular flexibility index (Phi) is 5.48. The second-order valence-electron chi connectivity index (χ2n) is 7.97. The Morgan fingerprint density at radius 1 is 1.00 bits per heavy atom. The number of hydrazone groups is 1. The van der Waals surface area contributed by atoms with Crippen molar-refractivity contribution in [3.05, 3.63) is 70.8 Å². The van der Waals surface area contributed by atoms with Crippen LogP contribution in [0.15, 0.2) is 53.6 Å². The highest BCUT2D eigenvalue weighted by atomic mass is 32.1.